The molecule has 1 saturated carbocycles. The Morgan fingerprint density at radius 3 is 2.50 bits per heavy atom. The van der Waals surface area contributed by atoms with Crippen molar-refractivity contribution in [1.29, 1.82) is 0 Å². The summed E-state index contributed by atoms with van der Waals surface area (Å²) in [7, 11) is 0. The van der Waals surface area contributed by atoms with Gasteiger partial charge < -0.3 is 5.73 Å². The first-order valence-electron chi connectivity index (χ1n) is 7.52. The van der Waals surface area contributed by atoms with Gasteiger partial charge in [0, 0.05) is 6.04 Å². The maximum Gasteiger partial charge on any atom is 0.0114 e. The molecule has 0 amide bonds. The number of rotatable bonds is 4. The Hall–Kier alpha value is -1.60. The molecule has 2 aromatic carbocycles. The molecule has 1 nitrogen and oxygen atoms in total. The van der Waals surface area contributed by atoms with Crippen molar-refractivity contribution in [1.82, 2.24) is 0 Å². The van der Waals surface area contributed by atoms with E-state index >= 15 is 0 Å². The summed E-state index contributed by atoms with van der Waals surface area (Å²) in [4.78, 5) is 0. The van der Waals surface area contributed by atoms with Crippen LogP contribution < -0.4 is 5.73 Å². The van der Waals surface area contributed by atoms with Crippen LogP contribution >= 0.6 is 0 Å². The first kappa shape index (κ1) is 13.4. The topological polar surface area (TPSA) is 26.0 Å². The van der Waals surface area contributed by atoms with E-state index in [0.29, 0.717) is 11.8 Å². The molecule has 1 heteroatoms. The summed E-state index contributed by atoms with van der Waals surface area (Å²) in [5, 5.41) is 0. The molecule has 1 aliphatic carbocycles. The van der Waals surface area contributed by atoms with Crippen LogP contribution in [0.15, 0.2) is 48.5 Å². The Labute approximate surface area is 121 Å². The predicted molar refractivity (Wildman–Crippen MR) is 84.9 cm³/mol. The minimum atomic E-state index is 0.280. The number of hydrogen-bond donors (Lipinski definition) is 1. The highest BCUT2D eigenvalue weighted by Crippen LogP contribution is 2.49. The molecule has 0 spiro atoms. The van der Waals surface area contributed by atoms with Gasteiger partial charge in [-0.25, -0.2) is 0 Å². The van der Waals surface area contributed by atoms with Crippen LogP contribution in [0, 0.1) is 19.8 Å². The fourth-order valence-corrected chi connectivity index (χ4v) is 3.13. The van der Waals surface area contributed by atoms with Gasteiger partial charge in [-0.3, -0.25) is 0 Å². The second kappa shape index (κ2) is 5.41. The van der Waals surface area contributed by atoms with Gasteiger partial charge in [-0.15, -0.1) is 0 Å². The van der Waals surface area contributed by atoms with Crippen LogP contribution in [0.25, 0.3) is 0 Å². The molecule has 3 rings (SSSR count). The molecular formula is C19H23N. The molecule has 1 aliphatic rings. The average molecular weight is 265 g/mol. The van der Waals surface area contributed by atoms with Gasteiger partial charge in [0.15, 0.2) is 0 Å². The van der Waals surface area contributed by atoms with Crippen LogP contribution in [-0.2, 0) is 6.42 Å². The largest absolute Gasteiger partial charge is 0.327 e. The zero-order chi connectivity index (χ0) is 14.1. The Morgan fingerprint density at radius 1 is 1.05 bits per heavy atom. The average Bonchev–Trinajstić information content (AvgIpc) is 3.24. The molecule has 0 aliphatic heterocycles. The number of benzene rings is 2. The minimum Gasteiger partial charge on any atom is -0.327 e. The third-order valence-corrected chi connectivity index (χ3v) is 4.66. The maximum atomic E-state index is 6.43. The van der Waals surface area contributed by atoms with Crippen LogP contribution in [0.3, 0.4) is 0 Å². The second-order valence-corrected chi connectivity index (χ2v) is 6.20. The smallest absolute Gasteiger partial charge is 0.0114 e. The van der Waals surface area contributed by atoms with Crippen molar-refractivity contribution in [2.75, 3.05) is 0 Å². The van der Waals surface area contributed by atoms with Crippen molar-refractivity contribution < 1.29 is 0 Å². The van der Waals surface area contributed by atoms with E-state index in [1.807, 2.05) is 0 Å². The molecular weight excluding hydrogens is 242 g/mol. The van der Waals surface area contributed by atoms with Crippen molar-refractivity contribution in [3.8, 4) is 0 Å². The zero-order valence-electron chi connectivity index (χ0n) is 12.3. The monoisotopic (exact) mass is 265 g/mol. The number of nitrogens with two attached hydrogens (primary N) is 1. The third kappa shape index (κ3) is 2.78. The molecule has 0 saturated heterocycles. The van der Waals surface area contributed by atoms with Crippen molar-refractivity contribution in [2.45, 2.75) is 38.6 Å². The Morgan fingerprint density at radius 2 is 1.80 bits per heavy atom. The van der Waals surface area contributed by atoms with E-state index in [0.717, 1.165) is 6.42 Å². The van der Waals surface area contributed by atoms with Gasteiger partial charge in [0.25, 0.3) is 0 Å². The van der Waals surface area contributed by atoms with Gasteiger partial charge in [0.2, 0.25) is 0 Å². The lowest BCUT2D eigenvalue weighted by molar-refractivity contribution is 0.577. The van der Waals surface area contributed by atoms with E-state index in [2.05, 4.69) is 62.4 Å². The predicted octanol–water partition coefficient (Wildman–Crippen LogP) is 3.98. The molecule has 0 heterocycles. The van der Waals surface area contributed by atoms with Crippen LogP contribution in [0.1, 0.15) is 34.6 Å². The van der Waals surface area contributed by atoms with E-state index in [1.54, 1.807) is 0 Å². The fourth-order valence-electron chi connectivity index (χ4n) is 3.13. The highest BCUT2D eigenvalue weighted by atomic mass is 14.7. The first-order chi connectivity index (χ1) is 9.65. The second-order valence-electron chi connectivity index (χ2n) is 6.20. The van der Waals surface area contributed by atoms with Crippen molar-refractivity contribution in [3.63, 3.8) is 0 Å². The maximum absolute atomic E-state index is 6.43. The third-order valence-electron chi connectivity index (χ3n) is 4.66. The summed E-state index contributed by atoms with van der Waals surface area (Å²) in [6, 6.07) is 17.8. The van der Waals surface area contributed by atoms with Gasteiger partial charge in [0.1, 0.15) is 0 Å². The zero-order valence-corrected chi connectivity index (χ0v) is 12.3. The summed E-state index contributed by atoms with van der Waals surface area (Å²) in [6.07, 6.45) is 2.24. The molecule has 1 fully saturated rings. The Kier molecular flexibility index (Phi) is 3.62. The van der Waals surface area contributed by atoms with E-state index < -0.39 is 0 Å². The summed E-state index contributed by atoms with van der Waals surface area (Å²) in [5.41, 5.74) is 12.0. The Balaban J connectivity index is 1.63. The summed E-state index contributed by atoms with van der Waals surface area (Å²) in [6.45, 7) is 4.33. The quantitative estimate of drug-likeness (QED) is 0.889. The van der Waals surface area contributed by atoms with Crippen LogP contribution in [0.4, 0.5) is 0 Å². The lowest BCUT2D eigenvalue weighted by Crippen LogP contribution is -2.26. The summed E-state index contributed by atoms with van der Waals surface area (Å²) < 4.78 is 0. The van der Waals surface area contributed by atoms with Gasteiger partial charge in [-0.1, -0.05) is 48.5 Å². The lowest BCUT2D eigenvalue weighted by Gasteiger charge is -2.13. The molecule has 3 atom stereocenters. The lowest BCUT2D eigenvalue weighted by atomic mass is 9.97. The molecule has 0 radical (unpaired) electrons. The van der Waals surface area contributed by atoms with E-state index in [4.69, 9.17) is 5.73 Å². The van der Waals surface area contributed by atoms with Crippen molar-refractivity contribution in [2.24, 2.45) is 11.7 Å². The number of aryl methyl sites for hydroxylation is 2. The van der Waals surface area contributed by atoms with Gasteiger partial charge >= 0.3 is 0 Å². The highest BCUT2D eigenvalue weighted by molar-refractivity contribution is 5.32. The van der Waals surface area contributed by atoms with Gasteiger partial charge in [0.05, 0.1) is 0 Å². The van der Waals surface area contributed by atoms with Gasteiger partial charge in [-0.05, 0) is 60.8 Å². The van der Waals surface area contributed by atoms with Crippen LogP contribution in [0.2, 0.25) is 0 Å². The molecule has 0 bridgehead atoms. The Bertz CT molecular complexity index is 588. The van der Waals surface area contributed by atoms with Crippen LogP contribution in [-0.4, -0.2) is 6.04 Å². The summed E-state index contributed by atoms with van der Waals surface area (Å²) >= 11 is 0. The minimum absolute atomic E-state index is 0.280. The van der Waals surface area contributed by atoms with Crippen LogP contribution in [0.5, 0.6) is 0 Å². The van der Waals surface area contributed by atoms with E-state index in [-0.39, 0.29) is 6.04 Å². The standard InChI is InChI=1S/C19H23N/c1-13-8-9-15(10-14(13)2)11-19(20)18-12-17(18)16-6-4-3-5-7-16/h3-10,17-19H,11-12,20H2,1-2H3. The molecule has 2 aromatic rings. The molecule has 104 valence electrons. The van der Waals surface area contributed by atoms with Crippen molar-refractivity contribution in [3.05, 3.63) is 70.8 Å². The normalized spacial score (nSPS) is 22.6. The van der Waals surface area contributed by atoms with E-state index in [1.165, 1.54) is 28.7 Å². The molecule has 2 N–H and O–H groups in total. The van der Waals surface area contributed by atoms with Gasteiger partial charge in [-0.2, -0.15) is 0 Å². The molecule has 3 unspecified atom stereocenters. The van der Waals surface area contributed by atoms with E-state index in [9.17, 15) is 0 Å². The molecule has 20 heavy (non-hydrogen) atoms. The SMILES string of the molecule is Cc1ccc(CC(N)C2CC2c2ccccc2)cc1C. The number of hydrogen-bond acceptors (Lipinski definition) is 1. The van der Waals surface area contributed by atoms with Crippen molar-refractivity contribution >= 4 is 0 Å². The first-order valence-corrected chi connectivity index (χ1v) is 7.52. The highest BCUT2D eigenvalue weighted by Gasteiger charge is 2.42. The fraction of sp³-hybridized carbons (Fsp3) is 0.368. The summed E-state index contributed by atoms with van der Waals surface area (Å²) in [5.74, 6) is 1.33. The molecule has 0 aromatic heterocycles.